The van der Waals surface area contributed by atoms with E-state index in [-0.39, 0.29) is 6.03 Å². The summed E-state index contributed by atoms with van der Waals surface area (Å²) in [7, 11) is 0. The van der Waals surface area contributed by atoms with E-state index in [4.69, 9.17) is 4.42 Å². The number of anilines is 1. The molecule has 0 radical (unpaired) electrons. The van der Waals surface area contributed by atoms with Gasteiger partial charge in [-0.15, -0.1) is 23.5 Å². The Hall–Kier alpha value is -3.68. The number of rotatable bonds is 9. The highest BCUT2D eigenvalue weighted by atomic mass is 32.2. The first kappa shape index (κ1) is 28.8. The van der Waals surface area contributed by atoms with Crippen LogP contribution in [0.1, 0.15) is 28.1 Å². The number of thioether (sulfide) groups is 2. The molecular weight excluding hydrogens is 547 g/mol. The van der Waals surface area contributed by atoms with Crippen molar-refractivity contribution in [2.24, 2.45) is 0 Å². The van der Waals surface area contributed by atoms with Gasteiger partial charge < -0.3 is 14.6 Å². The summed E-state index contributed by atoms with van der Waals surface area (Å²) in [6.07, 6.45) is 4.73. The standard InChI is InChI=1S/C34H35N3O2S2/c1-22-11-14-26(15-12-22)31-27-19-23(2)13-16-28(27)39-29(31)21-37(18-17-25-9-7-6-8-10-25)34(38)36-32-30(40-4)20-24(3)35-33(32)41-5/h6-16,19-20H,17-18,21H2,1-5H3,(H,36,38). The van der Waals surface area contributed by atoms with Crippen LogP contribution >= 0.6 is 23.5 Å². The first-order valence-electron chi connectivity index (χ1n) is 13.6. The van der Waals surface area contributed by atoms with Crippen molar-refractivity contribution < 1.29 is 9.21 Å². The van der Waals surface area contributed by atoms with Crippen LogP contribution in [0.4, 0.5) is 10.5 Å². The number of urea groups is 1. The summed E-state index contributed by atoms with van der Waals surface area (Å²) in [5, 5.41) is 5.09. The average Bonchev–Trinajstić information content (AvgIpc) is 3.33. The Morgan fingerprint density at radius 1 is 0.902 bits per heavy atom. The molecule has 7 heteroatoms. The number of carbonyl (C=O) groups is 1. The zero-order valence-electron chi connectivity index (χ0n) is 24.2. The third-order valence-corrected chi connectivity index (χ3v) is 8.56. The van der Waals surface area contributed by atoms with E-state index < -0.39 is 0 Å². The quantitative estimate of drug-likeness (QED) is 0.176. The lowest BCUT2D eigenvalue weighted by Crippen LogP contribution is -2.36. The second-order valence-corrected chi connectivity index (χ2v) is 11.8. The summed E-state index contributed by atoms with van der Waals surface area (Å²) in [4.78, 5) is 21.6. The molecule has 0 fully saturated rings. The number of nitrogens with one attached hydrogen (secondary N) is 1. The van der Waals surface area contributed by atoms with Crippen LogP contribution in [0.5, 0.6) is 0 Å². The van der Waals surface area contributed by atoms with Gasteiger partial charge in [0.05, 0.1) is 12.2 Å². The molecule has 2 heterocycles. The summed E-state index contributed by atoms with van der Waals surface area (Å²) < 4.78 is 6.49. The van der Waals surface area contributed by atoms with Crippen molar-refractivity contribution in [3.05, 3.63) is 107 Å². The highest BCUT2D eigenvalue weighted by molar-refractivity contribution is 7.99. The van der Waals surface area contributed by atoms with Crippen LogP contribution in [0, 0.1) is 20.8 Å². The van der Waals surface area contributed by atoms with Crippen molar-refractivity contribution >= 4 is 46.2 Å². The van der Waals surface area contributed by atoms with Crippen LogP contribution in [-0.4, -0.2) is 35.0 Å². The summed E-state index contributed by atoms with van der Waals surface area (Å²) >= 11 is 3.14. The molecular formula is C34H35N3O2S2. The molecule has 2 amide bonds. The van der Waals surface area contributed by atoms with E-state index in [1.165, 1.54) is 22.9 Å². The largest absolute Gasteiger partial charge is 0.459 e. The number of amides is 2. The minimum atomic E-state index is -0.177. The van der Waals surface area contributed by atoms with Crippen molar-refractivity contribution in [1.29, 1.82) is 0 Å². The second kappa shape index (κ2) is 12.9. The molecule has 0 aliphatic heterocycles. The highest BCUT2D eigenvalue weighted by Crippen LogP contribution is 2.37. The summed E-state index contributed by atoms with van der Waals surface area (Å²) in [6, 6.07) is 26.9. The maximum absolute atomic E-state index is 14.0. The van der Waals surface area contributed by atoms with Gasteiger partial charge in [-0.05, 0) is 69.0 Å². The van der Waals surface area contributed by atoms with Gasteiger partial charge in [-0.2, -0.15) is 0 Å². The zero-order chi connectivity index (χ0) is 28.9. The Balaban J connectivity index is 1.54. The van der Waals surface area contributed by atoms with Gasteiger partial charge in [-0.3, -0.25) is 0 Å². The van der Waals surface area contributed by atoms with Gasteiger partial charge >= 0.3 is 6.03 Å². The smallest absolute Gasteiger partial charge is 0.322 e. The van der Waals surface area contributed by atoms with Gasteiger partial charge in [0.25, 0.3) is 0 Å². The zero-order valence-corrected chi connectivity index (χ0v) is 25.8. The monoisotopic (exact) mass is 581 g/mol. The SMILES string of the molecule is CSc1cc(C)nc(SC)c1NC(=O)N(CCc1ccccc1)Cc1oc2ccc(C)cc2c1-c1ccc(C)cc1. The molecule has 41 heavy (non-hydrogen) atoms. The molecule has 5 nitrogen and oxygen atoms in total. The van der Waals surface area contributed by atoms with Gasteiger partial charge in [0.1, 0.15) is 16.4 Å². The molecule has 210 valence electrons. The number of furan rings is 1. The number of hydrogen-bond donors (Lipinski definition) is 1. The summed E-state index contributed by atoms with van der Waals surface area (Å²) in [5.41, 5.74) is 8.16. The Morgan fingerprint density at radius 3 is 2.34 bits per heavy atom. The number of aromatic nitrogens is 1. The van der Waals surface area contributed by atoms with Crippen LogP contribution in [0.25, 0.3) is 22.1 Å². The van der Waals surface area contributed by atoms with Crippen molar-refractivity contribution in [1.82, 2.24) is 9.88 Å². The van der Waals surface area contributed by atoms with Gasteiger partial charge in [0.15, 0.2) is 0 Å². The van der Waals surface area contributed by atoms with Crippen molar-refractivity contribution in [3.8, 4) is 11.1 Å². The van der Waals surface area contributed by atoms with E-state index in [0.29, 0.717) is 13.1 Å². The Kier molecular flexibility index (Phi) is 9.06. The predicted octanol–water partition coefficient (Wildman–Crippen LogP) is 9.14. The molecule has 5 aromatic rings. The lowest BCUT2D eigenvalue weighted by atomic mass is 9.99. The Morgan fingerprint density at radius 2 is 1.63 bits per heavy atom. The molecule has 0 unspecified atom stereocenters. The first-order chi connectivity index (χ1) is 19.9. The summed E-state index contributed by atoms with van der Waals surface area (Å²) in [6.45, 7) is 7.02. The highest BCUT2D eigenvalue weighted by Gasteiger charge is 2.24. The number of aryl methyl sites for hydroxylation is 3. The molecule has 0 spiro atoms. The Bertz CT molecular complexity index is 1640. The van der Waals surface area contributed by atoms with E-state index in [1.54, 1.807) is 11.8 Å². The van der Waals surface area contributed by atoms with E-state index in [1.807, 2.05) is 54.7 Å². The average molecular weight is 582 g/mol. The number of carbonyl (C=O) groups excluding carboxylic acids is 1. The van der Waals surface area contributed by atoms with Crippen molar-refractivity contribution in [2.45, 2.75) is 43.7 Å². The Labute approximate surface area is 250 Å². The lowest BCUT2D eigenvalue weighted by molar-refractivity contribution is 0.205. The first-order valence-corrected chi connectivity index (χ1v) is 16.1. The third kappa shape index (κ3) is 6.63. The van der Waals surface area contributed by atoms with Crippen molar-refractivity contribution in [2.75, 3.05) is 24.4 Å². The van der Waals surface area contributed by atoms with Crippen LogP contribution in [0.3, 0.4) is 0 Å². The lowest BCUT2D eigenvalue weighted by Gasteiger charge is -2.24. The predicted molar refractivity (Wildman–Crippen MR) is 173 cm³/mol. The fraction of sp³-hybridized carbons (Fsp3) is 0.235. The van der Waals surface area contributed by atoms with E-state index in [9.17, 15) is 4.79 Å². The minimum absolute atomic E-state index is 0.177. The molecule has 0 bridgehead atoms. The molecule has 1 N–H and O–H groups in total. The minimum Gasteiger partial charge on any atom is -0.459 e. The normalized spacial score (nSPS) is 11.1. The molecule has 0 saturated heterocycles. The molecule has 2 aromatic heterocycles. The number of nitrogens with zero attached hydrogens (tertiary/aromatic N) is 2. The molecule has 5 rings (SSSR count). The van der Waals surface area contributed by atoms with Crippen LogP contribution in [-0.2, 0) is 13.0 Å². The third-order valence-electron chi connectivity index (χ3n) is 7.11. The van der Waals surface area contributed by atoms with Gasteiger partial charge in [0, 0.05) is 28.1 Å². The van der Waals surface area contributed by atoms with E-state index in [0.717, 1.165) is 61.1 Å². The number of hydrogen-bond acceptors (Lipinski definition) is 5. The van der Waals surface area contributed by atoms with E-state index in [2.05, 4.69) is 72.7 Å². The van der Waals surface area contributed by atoms with Crippen LogP contribution in [0.15, 0.2) is 93.2 Å². The van der Waals surface area contributed by atoms with Gasteiger partial charge in [-0.1, -0.05) is 71.8 Å². The van der Waals surface area contributed by atoms with Gasteiger partial charge in [-0.25, -0.2) is 9.78 Å². The number of pyridine rings is 1. The van der Waals surface area contributed by atoms with E-state index >= 15 is 0 Å². The molecule has 0 aliphatic rings. The molecule has 0 atom stereocenters. The number of benzene rings is 3. The molecule has 3 aromatic carbocycles. The maximum Gasteiger partial charge on any atom is 0.322 e. The van der Waals surface area contributed by atoms with Gasteiger partial charge in [0.2, 0.25) is 0 Å². The fourth-order valence-corrected chi connectivity index (χ4v) is 6.28. The maximum atomic E-state index is 14.0. The topological polar surface area (TPSA) is 58.4 Å². The summed E-state index contributed by atoms with van der Waals surface area (Å²) in [5.74, 6) is 0.773. The molecule has 0 saturated carbocycles. The second-order valence-electron chi connectivity index (χ2n) is 10.2. The van der Waals surface area contributed by atoms with Crippen molar-refractivity contribution in [3.63, 3.8) is 0 Å². The van der Waals surface area contributed by atoms with Crippen LogP contribution < -0.4 is 5.32 Å². The fourth-order valence-electron chi connectivity index (χ4n) is 4.97. The molecule has 0 aliphatic carbocycles. The van der Waals surface area contributed by atoms with Crippen LogP contribution in [0.2, 0.25) is 0 Å². The number of fused-ring (bicyclic) bond motifs is 1.